The first kappa shape index (κ1) is 17.1. The summed E-state index contributed by atoms with van der Waals surface area (Å²) in [5.41, 5.74) is 0.137. The number of aliphatic imine (C=N–C) groups is 1. The quantitative estimate of drug-likeness (QED) is 0.602. The van der Waals surface area contributed by atoms with Gasteiger partial charge in [0.2, 0.25) is 0 Å². The van der Waals surface area contributed by atoms with Gasteiger partial charge < -0.3 is 10.6 Å². The third-order valence-corrected chi connectivity index (χ3v) is 4.10. The minimum atomic E-state index is -4.13. The standard InChI is InChI=1S/C14H26F3N3/c1-13(2,11-6-4-5-7-11)10-20-12(18-3)19-9-8-14(15,16)17/h11H,4-10H2,1-3H3,(H2,18,19,20). The third-order valence-electron chi connectivity index (χ3n) is 4.10. The van der Waals surface area contributed by atoms with Crippen molar-refractivity contribution in [3.63, 3.8) is 0 Å². The zero-order valence-corrected chi connectivity index (χ0v) is 12.6. The predicted octanol–water partition coefficient (Wildman–Crippen LogP) is 3.32. The van der Waals surface area contributed by atoms with Gasteiger partial charge in [-0.3, -0.25) is 4.99 Å². The van der Waals surface area contributed by atoms with Crippen LogP contribution in [0.1, 0.15) is 46.0 Å². The number of hydrogen-bond donors (Lipinski definition) is 2. The van der Waals surface area contributed by atoms with E-state index in [-0.39, 0.29) is 12.0 Å². The maximum Gasteiger partial charge on any atom is 0.390 e. The van der Waals surface area contributed by atoms with Crippen molar-refractivity contribution in [3.8, 4) is 0 Å². The molecule has 0 amide bonds. The molecule has 1 saturated carbocycles. The predicted molar refractivity (Wildman–Crippen MR) is 75.8 cm³/mol. The molecule has 0 aliphatic heterocycles. The fourth-order valence-corrected chi connectivity index (χ4v) is 2.71. The molecular weight excluding hydrogens is 267 g/mol. The molecule has 0 unspecified atom stereocenters. The molecule has 0 heterocycles. The molecular formula is C14H26F3N3. The topological polar surface area (TPSA) is 36.4 Å². The molecule has 0 spiro atoms. The molecule has 1 fully saturated rings. The Morgan fingerprint density at radius 1 is 1.15 bits per heavy atom. The summed E-state index contributed by atoms with van der Waals surface area (Å²) in [6.07, 6.45) is 0.0809. The molecule has 0 radical (unpaired) electrons. The summed E-state index contributed by atoms with van der Waals surface area (Å²) in [4.78, 5) is 3.96. The first-order chi connectivity index (χ1) is 9.24. The maximum absolute atomic E-state index is 12.1. The minimum Gasteiger partial charge on any atom is -0.356 e. The van der Waals surface area contributed by atoms with Crippen LogP contribution in [0.4, 0.5) is 13.2 Å². The van der Waals surface area contributed by atoms with Crippen molar-refractivity contribution >= 4 is 5.96 Å². The van der Waals surface area contributed by atoms with Crippen LogP contribution in [-0.4, -0.2) is 32.3 Å². The highest BCUT2D eigenvalue weighted by atomic mass is 19.4. The van der Waals surface area contributed by atoms with Gasteiger partial charge in [-0.25, -0.2) is 0 Å². The molecule has 118 valence electrons. The van der Waals surface area contributed by atoms with Gasteiger partial charge in [-0.15, -0.1) is 0 Å². The number of alkyl halides is 3. The highest BCUT2D eigenvalue weighted by molar-refractivity contribution is 5.79. The van der Waals surface area contributed by atoms with Gasteiger partial charge in [0.25, 0.3) is 0 Å². The van der Waals surface area contributed by atoms with E-state index in [4.69, 9.17) is 0 Å². The molecule has 0 aromatic heterocycles. The van der Waals surface area contributed by atoms with Gasteiger partial charge in [0, 0.05) is 20.1 Å². The molecule has 20 heavy (non-hydrogen) atoms. The van der Waals surface area contributed by atoms with Crippen LogP contribution in [0.25, 0.3) is 0 Å². The van der Waals surface area contributed by atoms with Crippen LogP contribution in [0.5, 0.6) is 0 Å². The molecule has 3 nitrogen and oxygen atoms in total. The van der Waals surface area contributed by atoms with Gasteiger partial charge >= 0.3 is 6.18 Å². The summed E-state index contributed by atoms with van der Waals surface area (Å²) in [5.74, 6) is 1.13. The molecule has 0 aromatic rings. The summed E-state index contributed by atoms with van der Waals surface area (Å²) in [7, 11) is 1.57. The second kappa shape index (κ2) is 7.18. The summed E-state index contributed by atoms with van der Waals surface area (Å²) >= 11 is 0. The second-order valence-corrected chi connectivity index (χ2v) is 6.19. The Bertz CT molecular complexity index is 318. The Morgan fingerprint density at radius 3 is 2.25 bits per heavy atom. The van der Waals surface area contributed by atoms with E-state index < -0.39 is 12.6 Å². The van der Waals surface area contributed by atoms with Crippen molar-refractivity contribution in [2.75, 3.05) is 20.1 Å². The van der Waals surface area contributed by atoms with Crippen LogP contribution in [-0.2, 0) is 0 Å². The lowest BCUT2D eigenvalue weighted by molar-refractivity contribution is -0.132. The summed E-state index contributed by atoms with van der Waals surface area (Å²) in [6, 6.07) is 0. The lowest BCUT2D eigenvalue weighted by Gasteiger charge is -2.32. The van der Waals surface area contributed by atoms with Crippen molar-refractivity contribution in [2.45, 2.75) is 52.1 Å². The third kappa shape index (κ3) is 6.01. The number of rotatable bonds is 5. The molecule has 0 aromatic carbocycles. The number of nitrogens with one attached hydrogen (secondary N) is 2. The molecule has 1 rings (SSSR count). The van der Waals surface area contributed by atoms with Gasteiger partial charge in [-0.2, -0.15) is 13.2 Å². The monoisotopic (exact) mass is 293 g/mol. The molecule has 1 aliphatic rings. The summed E-state index contributed by atoms with van der Waals surface area (Å²) < 4.78 is 36.3. The van der Waals surface area contributed by atoms with Gasteiger partial charge in [-0.1, -0.05) is 26.7 Å². The zero-order valence-electron chi connectivity index (χ0n) is 12.6. The first-order valence-corrected chi connectivity index (χ1v) is 7.26. The van der Waals surface area contributed by atoms with Crippen molar-refractivity contribution in [3.05, 3.63) is 0 Å². The Balaban J connectivity index is 2.33. The maximum atomic E-state index is 12.1. The second-order valence-electron chi connectivity index (χ2n) is 6.19. The van der Waals surface area contributed by atoms with E-state index >= 15 is 0 Å². The number of halogens is 3. The number of nitrogens with zero attached hydrogens (tertiary/aromatic N) is 1. The normalized spacial score (nSPS) is 18.4. The van der Waals surface area contributed by atoms with Crippen molar-refractivity contribution in [2.24, 2.45) is 16.3 Å². The Labute approximate surface area is 119 Å². The first-order valence-electron chi connectivity index (χ1n) is 7.26. The lowest BCUT2D eigenvalue weighted by atomic mass is 9.78. The molecule has 0 atom stereocenters. The lowest BCUT2D eigenvalue weighted by Crippen LogP contribution is -2.44. The van der Waals surface area contributed by atoms with Crippen LogP contribution in [0.15, 0.2) is 4.99 Å². The highest BCUT2D eigenvalue weighted by Gasteiger charge is 2.32. The Hall–Kier alpha value is -0.940. The van der Waals surface area contributed by atoms with Gasteiger partial charge in [0.1, 0.15) is 0 Å². The van der Waals surface area contributed by atoms with Crippen molar-refractivity contribution in [1.29, 1.82) is 0 Å². The Kier molecular flexibility index (Phi) is 6.14. The van der Waals surface area contributed by atoms with E-state index in [2.05, 4.69) is 29.5 Å². The van der Waals surface area contributed by atoms with Crippen molar-refractivity contribution < 1.29 is 13.2 Å². The van der Waals surface area contributed by atoms with E-state index in [1.807, 2.05) is 0 Å². The molecule has 6 heteroatoms. The summed E-state index contributed by atoms with van der Waals surface area (Å²) in [5, 5.41) is 5.85. The van der Waals surface area contributed by atoms with Crippen LogP contribution in [0.3, 0.4) is 0 Å². The van der Waals surface area contributed by atoms with Gasteiger partial charge in [0.05, 0.1) is 6.42 Å². The fourth-order valence-electron chi connectivity index (χ4n) is 2.71. The smallest absolute Gasteiger partial charge is 0.356 e. The van der Waals surface area contributed by atoms with Crippen molar-refractivity contribution in [1.82, 2.24) is 10.6 Å². The van der Waals surface area contributed by atoms with Crippen LogP contribution in [0, 0.1) is 11.3 Å². The molecule has 2 N–H and O–H groups in total. The van der Waals surface area contributed by atoms with E-state index in [9.17, 15) is 13.2 Å². The SMILES string of the molecule is CN=C(NCCC(F)(F)F)NCC(C)(C)C1CCCC1. The fraction of sp³-hybridized carbons (Fsp3) is 0.929. The molecule has 0 saturated heterocycles. The van der Waals surface area contributed by atoms with E-state index in [1.165, 1.54) is 25.7 Å². The molecule has 1 aliphatic carbocycles. The number of hydrogen-bond acceptors (Lipinski definition) is 1. The van der Waals surface area contributed by atoms with Crippen LogP contribution < -0.4 is 10.6 Å². The highest BCUT2D eigenvalue weighted by Crippen LogP contribution is 2.38. The molecule has 0 bridgehead atoms. The minimum absolute atomic E-state index is 0.137. The number of guanidine groups is 1. The van der Waals surface area contributed by atoms with Crippen LogP contribution in [0.2, 0.25) is 0 Å². The summed E-state index contributed by atoms with van der Waals surface area (Å²) in [6.45, 7) is 4.99. The van der Waals surface area contributed by atoms with Crippen LogP contribution >= 0.6 is 0 Å². The van der Waals surface area contributed by atoms with Gasteiger partial charge in [0.15, 0.2) is 5.96 Å². The van der Waals surface area contributed by atoms with E-state index in [0.29, 0.717) is 11.9 Å². The zero-order chi connectivity index (χ0) is 15.2. The van der Waals surface area contributed by atoms with E-state index in [1.54, 1.807) is 7.05 Å². The largest absolute Gasteiger partial charge is 0.390 e. The Morgan fingerprint density at radius 2 is 1.75 bits per heavy atom. The average Bonchev–Trinajstić information content (AvgIpc) is 2.86. The van der Waals surface area contributed by atoms with E-state index in [0.717, 1.165) is 6.54 Å². The van der Waals surface area contributed by atoms with Gasteiger partial charge in [-0.05, 0) is 24.2 Å². The average molecular weight is 293 g/mol.